The Bertz CT molecular complexity index is 824. The Labute approximate surface area is 179 Å². The molecule has 2 aromatic carbocycles. The standard InChI is InChI=1S/C21H22Cl2N2O4/c22-17-8-6-16(7-9-17)19(15-4-2-1-3-5-15)25-12-10-24(11-13-25)14-18(23)29-21(28)20(26)27/h1-9,18-19H,10-14H2,(H,26,27). The van der Waals surface area contributed by atoms with Crippen LogP contribution in [0.4, 0.5) is 0 Å². The first-order valence-corrected chi connectivity index (χ1v) is 10.1. The number of rotatable bonds is 6. The number of piperazine rings is 1. The van der Waals surface area contributed by atoms with Crippen LogP contribution in [-0.2, 0) is 14.3 Å². The van der Waals surface area contributed by atoms with Gasteiger partial charge in [0.2, 0.25) is 0 Å². The second-order valence-corrected chi connectivity index (χ2v) is 7.75. The fourth-order valence-corrected chi connectivity index (χ4v) is 3.91. The molecule has 1 saturated heterocycles. The van der Waals surface area contributed by atoms with Crippen LogP contribution >= 0.6 is 23.2 Å². The molecule has 8 heteroatoms. The highest BCUT2D eigenvalue weighted by Gasteiger charge is 2.28. The zero-order valence-corrected chi connectivity index (χ0v) is 17.2. The topological polar surface area (TPSA) is 70.1 Å². The van der Waals surface area contributed by atoms with Gasteiger partial charge in [-0.2, -0.15) is 0 Å². The van der Waals surface area contributed by atoms with Crippen LogP contribution in [0.2, 0.25) is 5.02 Å². The van der Waals surface area contributed by atoms with Gasteiger partial charge in [0, 0.05) is 37.7 Å². The molecule has 0 bridgehead atoms. The molecular formula is C21H22Cl2N2O4. The molecule has 29 heavy (non-hydrogen) atoms. The second-order valence-electron chi connectivity index (χ2n) is 6.82. The number of halogens is 2. The van der Waals surface area contributed by atoms with Crippen LogP contribution < -0.4 is 0 Å². The smallest absolute Gasteiger partial charge is 0.418 e. The summed E-state index contributed by atoms with van der Waals surface area (Å²) in [5.74, 6) is -2.98. The van der Waals surface area contributed by atoms with Crippen molar-refractivity contribution in [2.45, 2.75) is 11.6 Å². The molecule has 0 amide bonds. The molecule has 2 aromatic rings. The van der Waals surface area contributed by atoms with Gasteiger partial charge in [-0.05, 0) is 23.3 Å². The summed E-state index contributed by atoms with van der Waals surface area (Å²) in [7, 11) is 0. The number of carbonyl (C=O) groups is 2. The van der Waals surface area contributed by atoms with Crippen LogP contribution in [0.25, 0.3) is 0 Å². The Kier molecular flexibility index (Phi) is 7.50. The number of aliphatic carboxylic acids is 1. The van der Waals surface area contributed by atoms with Crippen LogP contribution in [0.3, 0.4) is 0 Å². The summed E-state index contributed by atoms with van der Waals surface area (Å²) in [6.07, 6.45) is 0. The van der Waals surface area contributed by atoms with Gasteiger partial charge in [0.1, 0.15) is 0 Å². The highest BCUT2D eigenvalue weighted by Crippen LogP contribution is 2.30. The molecule has 1 fully saturated rings. The van der Waals surface area contributed by atoms with Crippen molar-refractivity contribution in [2.75, 3.05) is 32.7 Å². The van der Waals surface area contributed by atoms with E-state index in [9.17, 15) is 9.59 Å². The lowest BCUT2D eigenvalue weighted by Crippen LogP contribution is -2.49. The molecule has 1 aliphatic heterocycles. The van der Waals surface area contributed by atoms with E-state index in [0.29, 0.717) is 5.02 Å². The largest absolute Gasteiger partial charge is 0.473 e. The Morgan fingerprint density at radius 1 is 0.966 bits per heavy atom. The predicted molar refractivity (Wildman–Crippen MR) is 111 cm³/mol. The quantitative estimate of drug-likeness (QED) is 0.425. The van der Waals surface area contributed by atoms with Crippen LogP contribution in [0.15, 0.2) is 54.6 Å². The van der Waals surface area contributed by atoms with E-state index in [-0.39, 0.29) is 12.6 Å². The van der Waals surface area contributed by atoms with E-state index in [2.05, 4.69) is 21.9 Å². The maximum Gasteiger partial charge on any atom is 0.418 e. The van der Waals surface area contributed by atoms with E-state index < -0.39 is 17.5 Å². The molecule has 0 aromatic heterocycles. The zero-order valence-electron chi connectivity index (χ0n) is 15.7. The van der Waals surface area contributed by atoms with Crippen LogP contribution in [0, 0.1) is 0 Å². The highest BCUT2D eigenvalue weighted by atomic mass is 35.5. The first kappa shape index (κ1) is 21.6. The molecule has 0 radical (unpaired) electrons. The number of alkyl halides is 1. The average molecular weight is 437 g/mol. The number of nitrogens with zero attached hydrogens (tertiary/aromatic N) is 2. The summed E-state index contributed by atoms with van der Waals surface area (Å²) in [4.78, 5) is 26.2. The third kappa shape index (κ3) is 5.93. The Morgan fingerprint density at radius 2 is 1.55 bits per heavy atom. The van der Waals surface area contributed by atoms with Gasteiger partial charge in [0.15, 0.2) is 5.56 Å². The van der Waals surface area contributed by atoms with Crippen molar-refractivity contribution in [2.24, 2.45) is 0 Å². The van der Waals surface area contributed by atoms with Crippen molar-refractivity contribution in [3.05, 3.63) is 70.7 Å². The number of carboxylic acids is 1. The van der Waals surface area contributed by atoms with E-state index in [1.54, 1.807) is 0 Å². The number of ether oxygens (including phenoxy) is 1. The molecule has 0 spiro atoms. The van der Waals surface area contributed by atoms with Crippen molar-refractivity contribution >= 4 is 35.1 Å². The van der Waals surface area contributed by atoms with Gasteiger partial charge in [0.05, 0.1) is 6.04 Å². The monoisotopic (exact) mass is 436 g/mol. The van der Waals surface area contributed by atoms with Gasteiger partial charge in [0.25, 0.3) is 0 Å². The summed E-state index contributed by atoms with van der Waals surface area (Å²) >= 11 is 12.1. The summed E-state index contributed by atoms with van der Waals surface area (Å²) in [5, 5.41) is 9.31. The van der Waals surface area contributed by atoms with E-state index >= 15 is 0 Å². The molecule has 1 N–H and O–H groups in total. The number of benzene rings is 2. The van der Waals surface area contributed by atoms with Crippen molar-refractivity contribution < 1.29 is 19.4 Å². The summed E-state index contributed by atoms with van der Waals surface area (Å²) in [6, 6.07) is 18.3. The third-order valence-electron chi connectivity index (χ3n) is 4.88. The Balaban J connectivity index is 1.65. The Morgan fingerprint density at radius 3 is 2.14 bits per heavy atom. The molecule has 1 aliphatic rings. The van der Waals surface area contributed by atoms with E-state index in [1.807, 2.05) is 42.5 Å². The fraction of sp³-hybridized carbons (Fsp3) is 0.333. The lowest BCUT2D eigenvalue weighted by Gasteiger charge is -2.40. The number of hydrogen-bond donors (Lipinski definition) is 1. The lowest BCUT2D eigenvalue weighted by molar-refractivity contribution is -0.165. The number of hydrogen-bond acceptors (Lipinski definition) is 5. The minimum Gasteiger partial charge on any atom is -0.473 e. The van der Waals surface area contributed by atoms with Gasteiger partial charge in [-0.15, -0.1) is 0 Å². The van der Waals surface area contributed by atoms with Gasteiger partial charge in [-0.3, -0.25) is 9.80 Å². The Hall–Kier alpha value is -2.12. The predicted octanol–water partition coefficient (Wildman–Crippen LogP) is 3.24. The number of carbonyl (C=O) groups excluding carboxylic acids is 1. The molecule has 3 rings (SSSR count). The van der Waals surface area contributed by atoms with Crippen molar-refractivity contribution in [1.29, 1.82) is 0 Å². The molecule has 2 atom stereocenters. The van der Waals surface area contributed by atoms with Crippen LogP contribution in [-0.4, -0.2) is 65.1 Å². The maximum absolute atomic E-state index is 11.1. The van der Waals surface area contributed by atoms with Crippen molar-refractivity contribution in [3.8, 4) is 0 Å². The minimum atomic E-state index is -1.64. The molecular weight excluding hydrogens is 415 g/mol. The second kappa shape index (κ2) is 10.1. The molecule has 6 nitrogen and oxygen atoms in total. The van der Waals surface area contributed by atoms with Crippen molar-refractivity contribution in [3.63, 3.8) is 0 Å². The first-order chi connectivity index (χ1) is 13.9. The summed E-state index contributed by atoms with van der Waals surface area (Å²) < 4.78 is 4.70. The molecule has 2 unspecified atom stereocenters. The summed E-state index contributed by atoms with van der Waals surface area (Å²) in [5.41, 5.74) is 1.37. The lowest BCUT2D eigenvalue weighted by atomic mass is 9.96. The highest BCUT2D eigenvalue weighted by molar-refractivity contribution is 6.30. The first-order valence-electron chi connectivity index (χ1n) is 9.29. The minimum absolute atomic E-state index is 0.104. The molecule has 154 valence electrons. The number of carboxylic acid groups (broad SMARTS) is 1. The molecule has 0 aliphatic carbocycles. The van der Waals surface area contributed by atoms with Gasteiger partial charge < -0.3 is 9.84 Å². The van der Waals surface area contributed by atoms with Gasteiger partial charge in [-0.1, -0.05) is 65.7 Å². The van der Waals surface area contributed by atoms with Crippen LogP contribution in [0.1, 0.15) is 17.2 Å². The van der Waals surface area contributed by atoms with Gasteiger partial charge in [-0.25, -0.2) is 9.59 Å². The fourth-order valence-electron chi connectivity index (χ4n) is 3.51. The van der Waals surface area contributed by atoms with Crippen LogP contribution in [0.5, 0.6) is 0 Å². The number of esters is 1. The molecule has 1 heterocycles. The SMILES string of the molecule is O=C(O)C(=O)OC(Cl)CN1CCN(C(c2ccccc2)c2ccc(Cl)cc2)CC1. The van der Waals surface area contributed by atoms with E-state index in [1.165, 1.54) is 11.1 Å². The van der Waals surface area contributed by atoms with Crippen molar-refractivity contribution in [1.82, 2.24) is 9.80 Å². The van der Waals surface area contributed by atoms with E-state index in [4.69, 9.17) is 33.0 Å². The summed E-state index contributed by atoms with van der Waals surface area (Å²) in [6.45, 7) is 3.32. The zero-order chi connectivity index (χ0) is 20.8. The third-order valence-corrected chi connectivity index (χ3v) is 5.36. The molecule has 0 saturated carbocycles. The average Bonchev–Trinajstić information content (AvgIpc) is 2.71. The maximum atomic E-state index is 11.1. The van der Waals surface area contributed by atoms with Gasteiger partial charge >= 0.3 is 11.9 Å². The normalized spacial score (nSPS) is 17.4. The van der Waals surface area contributed by atoms with E-state index in [0.717, 1.165) is 26.2 Å².